The van der Waals surface area contributed by atoms with E-state index in [0.717, 1.165) is 11.1 Å². The minimum Gasteiger partial charge on any atom is -0.504 e. The third-order valence-electron chi connectivity index (χ3n) is 7.14. The van der Waals surface area contributed by atoms with E-state index in [-0.39, 0.29) is 37.8 Å². The number of benzene rings is 4. The van der Waals surface area contributed by atoms with Crippen molar-refractivity contribution in [2.75, 3.05) is 0 Å². The van der Waals surface area contributed by atoms with Gasteiger partial charge in [-0.1, -0.05) is 74.3 Å². The summed E-state index contributed by atoms with van der Waals surface area (Å²) in [6.45, 7) is 8.24. The molecule has 3 N–H and O–H groups in total. The van der Waals surface area contributed by atoms with Gasteiger partial charge in [-0.05, 0) is 83.8 Å². The number of carbonyl (C=O) groups excluding carboxylic acids is 1. The number of hydrogen-bond donors (Lipinski definition) is 3. The molecule has 0 fully saturated rings. The number of hydrogen-bond acceptors (Lipinski definition) is 6. The highest BCUT2D eigenvalue weighted by Crippen LogP contribution is 2.41. The fourth-order valence-corrected chi connectivity index (χ4v) is 6.03. The van der Waals surface area contributed by atoms with Gasteiger partial charge in [0.1, 0.15) is 0 Å². The van der Waals surface area contributed by atoms with E-state index in [9.17, 15) is 28.5 Å². The second-order valence-electron chi connectivity index (χ2n) is 11.2. The molecule has 0 aromatic heterocycles. The average Bonchev–Trinajstić information content (AvgIpc) is 2.92. The normalized spacial score (nSPS) is 11.9. The van der Waals surface area contributed by atoms with Gasteiger partial charge in [0, 0.05) is 11.4 Å². The summed E-state index contributed by atoms with van der Waals surface area (Å²) in [6, 6.07) is 20.0. The quantitative estimate of drug-likeness (QED) is 0.148. The molecule has 214 valence electrons. The number of phenols is 3. The molecular weight excluding hydrogens is 560 g/mol. The fraction of sp³-hybridized carbons (Fsp3) is 0.242. The van der Waals surface area contributed by atoms with Crippen molar-refractivity contribution in [3.8, 4) is 17.2 Å². The van der Waals surface area contributed by atoms with Crippen LogP contribution in [0, 0.1) is 6.92 Å². The van der Waals surface area contributed by atoms with Crippen LogP contribution in [-0.2, 0) is 34.5 Å². The van der Waals surface area contributed by atoms with E-state index < -0.39 is 32.9 Å². The summed E-state index contributed by atoms with van der Waals surface area (Å²) >= 11 is 6.33. The molecule has 6 nitrogen and oxygen atoms in total. The van der Waals surface area contributed by atoms with Gasteiger partial charge in [-0.25, -0.2) is 8.42 Å². The van der Waals surface area contributed by atoms with Gasteiger partial charge in [-0.15, -0.1) is 0 Å². The third kappa shape index (κ3) is 6.58. The molecule has 0 radical (unpaired) electrons. The predicted molar refractivity (Wildman–Crippen MR) is 160 cm³/mol. The Morgan fingerprint density at radius 3 is 1.98 bits per heavy atom. The number of sulfone groups is 1. The van der Waals surface area contributed by atoms with Crippen LogP contribution in [0.1, 0.15) is 58.9 Å². The van der Waals surface area contributed by atoms with Crippen molar-refractivity contribution in [3.63, 3.8) is 0 Å². The summed E-state index contributed by atoms with van der Waals surface area (Å²) < 4.78 is 26.3. The van der Waals surface area contributed by atoms with Crippen molar-refractivity contribution >= 4 is 27.2 Å². The van der Waals surface area contributed by atoms with Crippen molar-refractivity contribution in [2.24, 2.45) is 0 Å². The monoisotopic (exact) mass is 592 g/mol. The largest absolute Gasteiger partial charge is 0.504 e. The molecule has 0 heterocycles. The van der Waals surface area contributed by atoms with Crippen LogP contribution in [0.2, 0.25) is 5.02 Å². The molecule has 4 aromatic carbocycles. The first-order chi connectivity index (χ1) is 19.2. The minimum absolute atomic E-state index is 0.0160. The van der Waals surface area contributed by atoms with Crippen molar-refractivity contribution in [2.45, 2.75) is 62.2 Å². The van der Waals surface area contributed by atoms with E-state index >= 15 is 0 Å². The predicted octanol–water partition coefficient (Wildman–Crippen LogP) is 7.11. The lowest BCUT2D eigenvalue weighted by molar-refractivity contribution is 0.0989. The Morgan fingerprint density at radius 2 is 1.37 bits per heavy atom. The van der Waals surface area contributed by atoms with Crippen LogP contribution in [0.4, 0.5) is 0 Å². The van der Waals surface area contributed by atoms with Crippen LogP contribution in [-0.4, -0.2) is 29.5 Å². The lowest BCUT2D eigenvalue weighted by Crippen LogP contribution is -2.10. The summed E-state index contributed by atoms with van der Waals surface area (Å²) in [4.78, 5) is 13.4. The van der Waals surface area contributed by atoms with Gasteiger partial charge in [0.05, 0.1) is 15.4 Å². The lowest BCUT2D eigenvalue weighted by atomic mass is 9.86. The molecule has 0 aliphatic rings. The van der Waals surface area contributed by atoms with Gasteiger partial charge >= 0.3 is 0 Å². The average molecular weight is 593 g/mol. The van der Waals surface area contributed by atoms with E-state index in [2.05, 4.69) is 32.9 Å². The van der Waals surface area contributed by atoms with Gasteiger partial charge in [-0.3, -0.25) is 4.79 Å². The maximum absolute atomic E-state index is 13.3. The number of carbonyl (C=O) groups is 1. The van der Waals surface area contributed by atoms with Crippen LogP contribution in [0.3, 0.4) is 0 Å². The molecule has 0 unspecified atom stereocenters. The molecule has 4 rings (SSSR count). The summed E-state index contributed by atoms with van der Waals surface area (Å²) in [6.07, 6.45) is 0.502. The zero-order valence-corrected chi connectivity index (χ0v) is 25.0. The summed E-state index contributed by atoms with van der Waals surface area (Å²) in [5.74, 6) is -2.61. The molecule has 0 saturated heterocycles. The Labute approximate surface area is 245 Å². The molecule has 0 aliphatic carbocycles. The number of halogens is 1. The Bertz CT molecular complexity index is 1700. The Hall–Kier alpha value is -3.81. The summed E-state index contributed by atoms with van der Waals surface area (Å²) in [7, 11) is -3.86. The van der Waals surface area contributed by atoms with E-state index in [1.54, 1.807) is 12.1 Å². The second-order valence-corrected chi connectivity index (χ2v) is 13.6. The fourth-order valence-electron chi connectivity index (χ4n) is 4.53. The molecule has 8 heteroatoms. The summed E-state index contributed by atoms with van der Waals surface area (Å²) in [5.41, 5.74) is 3.48. The molecule has 41 heavy (non-hydrogen) atoms. The second kappa shape index (κ2) is 11.6. The number of ketones is 1. The van der Waals surface area contributed by atoms with Crippen LogP contribution >= 0.6 is 11.6 Å². The zero-order valence-electron chi connectivity index (χ0n) is 23.4. The maximum atomic E-state index is 13.3. The smallest absolute Gasteiger partial charge is 0.206 e. The van der Waals surface area contributed by atoms with Gasteiger partial charge in [0.25, 0.3) is 0 Å². The standard InChI is InChI=1S/C33H33ClO6S/c1-20-5-13-25(14-6-20)41(39,40)26-15-16-28(34)23(17-26)19-29(35)27-18-22(30(36)32(38)31(27)37)10-7-21-8-11-24(12-9-21)33(2,3)4/h5-6,8-9,11-18,36-38H,7,10,19H2,1-4H3. The molecule has 0 aliphatic heterocycles. The molecule has 0 atom stereocenters. The van der Waals surface area contributed by atoms with Gasteiger partial charge in [-0.2, -0.15) is 0 Å². The first kappa shape index (κ1) is 30.2. The Balaban J connectivity index is 1.59. The number of rotatable bonds is 8. The van der Waals surface area contributed by atoms with E-state index in [0.29, 0.717) is 18.4 Å². The summed E-state index contributed by atoms with van der Waals surface area (Å²) in [5, 5.41) is 31.6. The van der Waals surface area contributed by atoms with Gasteiger partial charge in [0.2, 0.25) is 15.6 Å². The van der Waals surface area contributed by atoms with Crippen LogP contribution in [0.25, 0.3) is 0 Å². The van der Waals surface area contributed by atoms with Crippen molar-refractivity contribution in [3.05, 3.63) is 111 Å². The molecule has 0 saturated carbocycles. The van der Waals surface area contributed by atoms with Crippen molar-refractivity contribution in [1.29, 1.82) is 0 Å². The third-order valence-corrected chi connectivity index (χ3v) is 9.28. The Kier molecular flexibility index (Phi) is 8.52. The lowest BCUT2D eigenvalue weighted by Gasteiger charge is -2.19. The molecule has 0 spiro atoms. The number of aryl methyl sites for hydroxylation is 3. The van der Waals surface area contributed by atoms with Gasteiger partial charge in [0.15, 0.2) is 17.3 Å². The van der Waals surface area contributed by atoms with Crippen molar-refractivity contribution in [1.82, 2.24) is 0 Å². The van der Waals surface area contributed by atoms with E-state index in [1.807, 2.05) is 19.1 Å². The number of phenolic OH excluding ortho intramolecular Hbond substituents is 3. The van der Waals surface area contributed by atoms with Crippen LogP contribution in [0.15, 0.2) is 82.6 Å². The zero-order chi connectivity index (χ0) is 30.1. The molecule has 0 bridgehead atoms. The highest BCUT2D eigenvalue weighted by atomic mass is 35.5. The first-order valence-electron chi connectivity index (χ1n) is 13.2. The molecule has 4 aromatic rings. The minimum atomic E-state index is -3.86. The SMILES string of the molecule is Cc1ccc(S(=O)(=O)c2ccc(Cl)c(CC(=O)c3cc(CCc4ccc(C(C)(C)C)cc4)c(O)c(O)c3O)c2)cc1. The van der Waals surface area contributed by atoms with Crippen molar-refractivity contribution < 1.29 is 28.5 Å². The maximum Gasteiger partial charge on any atom is 0.206 e. The molecular formula is C33H33ClO6S. The number of Topliss-reactive ketones (excluding diaryl/α,β-unsaturated/α-hetero) is 1. The van der Waals surface area contributed by atoms with Crippen LogP contribution < -0.4 is 0 Å². The number of aromatic hydroxyl groups is 3. The highest BCUT2D eigenvalue weighted by molar-refractivity contribution is 7.91. The van der Waals surface area contributed by atoms with Gasteiger partial charge < -0.3 is 15.3 Å². The molecule has 0 amide bonds. The highest BCUT2D eigenvalue weighted by Gasteiger charge is 2.24. The Morgan fingerprint density at radius 1 is 0.756 bits per heavy atom. The van der Waals surface area contributed by atoms with Crippen LogP contribution in [0.5, 0.6) is 17.2 Å². The van der Waals surface area contributed by atoms with E-state index in [4.69, 9.17) is 11.6 Å². The first-order valence-corrected chi connectivity index (χ1v) is 15.0. The topological polar surface area (TPSA) is 112 Å². The van der Waals surface area contributed by atoms with E-state index in [1.165, 1.54) is 42.0 Å².